The topological polar surface area (TPSA) is 115 Å². The molecule has 5 atom stereocenters. The maximum absolute atomic E-state index is 11.9. The van der Waals surface area contributed by atoms with Gasteiger partial charge in [0.25, 0.3) is 0 Å². The molecule has 0 radical (unpaired) electrons. The lowest BCUT2D eigenvalue weighted by atomic mass is 9.97. The molecular weight excluding hydrogens is 468 g/mol. The number of aliphatic hydroxyl groups excluding tert-OH is 3. The van der Waals surface area contributed by atoms with Crippen molar-refractivity contribution < 1.29 is 38.8 Å². The summed E-state index contributed by atoms with van der Waals surface area (Å²) in [5.41, 5.74) is -0.649. The van der Waals surface area contributed by atoms with Gasteiger partial charge < -0.3 is 34.0 Å². The second kappa shape index (κ2) is 12.8. The molecule has 1 aliphatic heterocycles. The lowest BCUT2D eigenvalue weighted by Crippen LogP contribution is -2.47. The third-order valence-corrected chi connectivity index (χ3v) is 11.2. The zero-order chi connectivity index (χ0) is 27.2. The van der Waals surface area contributed by atoms with Crippen molar-refractivity contribution in [3.05, 3.63) is 0 Å². The highest BCUT2D eigenvalue weighted by atomic mass is 28.4. The van der Waals surface area contributed by atoms with Gasteiger partial charge in [-0.05, 0) is 78.4 Å². The van der Waals surface area contributed by atoms with Gasteiger partial charge in [0.1, 0.15) is 5.60 Å². The van der Waals surface area contributed by atoms with E-state index in [0.717, 1.165) is 6.42 Å². The summed E-state index contributed by atoms with van der Waals surface area (Å²) in [7, 11) is -1.82. The molecule has 9 heteroatoms. The van der Waals surface area contributed by atoms with Crippen molar-refractivity contribution in [1.29, 1.82) is 0 Å². The molecule has 1 saturated heterocycles. The minimum absolute atomic E-state index is 0.0260. The molecule has 0 aromatic carbocycles. The van der Waals surface area contributed by atoms with Gasteiger partial charge in [-0.25, -0.2) is 0 Å². The maximum atomic E-state index is 11.9. The van der Waals surface area contributed by atoms with Crippen LogP contribution in [0.5, 0.6) is 0 Å². The molecule has 0 saturated carbocycles. The van der Waals surface area contributed by atoms with Gasteiger partial charge in [-0.1, -0.05) is 20.8 Å². The van der Waals surface area contributed by atoms with Gasteiger partial charge in [-0.15, -0.1) is 0 Å². The Morgan fingerprint density at radius 2 is 1.57 bits per heavy atom. The van der Waals surface area contributed by atoms with Crippen LogP contribution in [-0.2, 0) is 23.4 Å². The molecular formula is C26H52O8Si. The van der Waals surface area contributed by atoms with Gasteiger partial charge in [0.15, 0.2) is 14.1 Å². The van der Waals surface area contributed by atoms with Crippen molar-refractivity contribution in [2.24, 2.45) is 0 Å². The molecule has 0 aromatic heterocycles. The Morgan fingerprint density at radius 3 is 2.11 bits per heavy atom. The van der Waals surface area contributed by atoms with Crippen molar-refractivity contribution in [1.82, 2.24) is 0 Å². The second-order valence-corrected chi connectivity index (χ2v) is 17.7. The first kappa shape index (κ1) is 32.5. The highest BCUT2D eigenvalue weighted by molar-refractivity contribution is 6.74. The summed E-state index contributed by atoms with van der Waals surface area (Å²) in [5, 5.41) is 31.1. The molecule has 0 aliphatic carbocycles. The van der Waals surface area contributed by atoms with Crippen LogP contribution in [0.3, 0.4) is 0 Å². The molecule has 0 aromatic rings. The van der Waals surface area contributed by atoms with Gasteiger partial charge in [0, 0.05) is 13.0 Å². The quantitative estimate of drug-likeness (QED) is 0.258. The van der Waals surface area contributed by atoms with Crippen LogP contribution >= 0.6 is 0 Å². The van der Waals surface area contributed by atoms with Gasteiger partial charge >= 0.3 is 5.97 Å². The van der Waals surface area contributed by atoms with Crippen LogP contribution < -0.4 is 0 Å². The highest BCUT2D eigenvalue weighted by Gasteiger charge is 2.39. The van der Waals surface area contributed by atoms with Gasteiger partial charge in [0.05, 0.1) is 36.9 Å². The molecule has 1 aliphatic rings. The lowest BCUT2D eigenvalue weighted by molar-refractivity contribution is -0.304. The van der Waals surface area contributed by atoms with Crippen molar-refractivity contribution in [2.45, 2.75) is 154 Å². The van der Waals surface area contributed by atoms with E-state index in [1.807, 2.05) is 13.8 Å². The molecule has 1 fully saturated rings. The fourth-order valence-electron chi connectivity index (χ4n) is 3.87. The number of esters is 1. The third kappa shape index (κ3) is 12.5. The summed E-state index contributed by atoms with van der Waals surface area (Å²) in [4.78, 5) is 11.9. The van der Waals surface area contributed by atoms with Crippen LogP contribution in [0.25, 0.3) is 0 Å². The molecule has 0 amide bonds. The van der Waals surface area contributed by atoms with Crippen molar-refractivity contribution in [3.8, 4) is 0 Å². The summed E-state index contributed by atoms with van der Waals surface area (Å²) >= 11 is 0. The van der Waals surface area contributed by atoms with E-state index in [1.165, 1.54) is 0 Å². The second-order valence-electron chi connectivity index (χ2n) is 12.9. The molecule has 8 nitrogen and oxygen atoms in total. The van der Waals surface area contributed by atoms with Crippen LogP contribution in [0.1, 0.15) is 93.9 Å². The van der Waals surface area contributed by atoms with E-state index in [4.69, 9.17) is 18.6 Å². The van der Waals surface area contributed by atoms with Crippen LogP contribution in [0.4, 0.5) is 0 Å². The Morgan fingerprint density at radius 1 is 1.00 bits per heavy atom. The smallest absolute Gasteiger partial charge is 0.309 e. The van der Waals surface area contributed by atoms with E-state index < -0.39 is 44.0 Å². The lowest BCUT2D eigenvalue weighted by Gasteiger charge is -2.42. The Hall–Kier alpha value is -0.553. The minimum Gasteiger partial charge on any atom is -0.460 e. The van der Waals surface area contributed by atoms with Crippen molar-refractivity contribution >= 4 is 14.3 Å². The predicted molar refractivity (Wildman–Crippen MR) is 139 cm³/mol. The SMILES string of the molecule is CC(C)(C)OC(=O)C[C@@H](O)[C@H](O)CC[C@@H](O)C[C@@H]1C[C@H](CCO[Si](C)(C)C(C)(C)C)OC(C)(C)O1. The summed E-state index contributed by atoms with van der Waals surface area (Å²) in [6.07, 6.45) is -1.28. The van der Waals surface area contributed by atoms with Crippen molar-refractivity contribution in [3.63, 3.8) is 0 Å². The number of ether oxygens (including phenoxy) is 3. The molecule has 35 heavy (non-hydrogen) atoms. The van der Waals surface area contributed by atoms with Gasteiger partial charge in [-0.2, -0.15) is 0 Å². The number of hydrogen-bond acceptors (Lipinski definition) is 8. The predicted octanol–water partition coefficient (Wildman–Crippen LogP) is 4.29. The summed E-state index contributed by atoms with van der Waals surface area (Å²) < 4.78 is 23.6. The van der Waals surface area contributed by atoms with Crippen LogP contribution in [0, 0.1) is 0 Å². The normalized spacial score (nSPS) is 24.0. The number of carbonyl (C=O) groups excluding carboxylic acids is 1. The number of hydrogen-bond donors (Lipinski definition) is 3. The summed E-state index contributed by atoms with van der Waals surface area (Å²) in [6.45, 7) is 20.8. The first-order valence-corrected chi connectivity index (χ1v) is 15.9. The molecule has 0 spiro atoms. The average molecular weight is 521 g/mol. The Kier molecular flexibility index (Phi) is 11.9. The Labute approximate surface area is 213 Å². The molecule has 0 bridgehead atoms. The first-order chi connectivity index (χ1) is 15.7. The van der Waals surface area contributed by atoms with Crippen LogP contribution in [0.15, 0.2) is 0 Å². The monoisotopic (exact) mass is 520 g/mol. The molecule has 1 heterocycles. The minimum atomic E-state index is -1.82. The largest absolute Gasteiger partial charge is 0.460 e. The molecule has 208 valence electrons. The van der Waals surface area contributed by atoms with E-state index in [2.05, 4.69) is 33.9 Å². The van der Waals surface area contributed by atoms with Gasteiger partial charge in [0.2, 0.25) is 0 Å². The fraction of sp³-hybridized carbons (Fsp3) is 0.962. The molecule has 1 rings (SSSR count). The standard InChI is InChI=1S/C26H52O8Si/c1-24(2,3)34-23(30)17-22(29)21(28)12-11-18(27)15-20-16-19(32-26(7,8)33-20)13-14-31-35(9,10)25(4,5)6/h18-22,27-29H,11-17H2,1-10H3/t18-,19+,20-,21-,22-/m1/s1. The van der Waals surface area contributed by atoms with Crippen LogP contribution in [-0.4, -0.2) is 78.1 Å². The fourth-order valence-corrected chi connectivity index (χ4v) is 4.93. The number of rotatable bonds is 12. The molecule has 3 N–H and O–H groups in total. The zero-order valence-corrected chi connectivity index (χ0v) is 24.7. The average Bonchev–Trinajstić information content (AvgIpc) is 2.62. The Balaban J connectivity index is 2.50. The van der Waals surface area contributed by atoms with E-state index in [9.17, 15) is 20.1 Å². The molecule has 0 unspecified atom stereocenters. The van der Waals surface area contributed by atoms with E-state index in [0.29, 0.717) is 19.4 Å². The Bertz CT molecular complexity index is 653. The van der Waals surface area contributed by atoms with Gasteiger partial charge in [-0.3, -0.25) is 4.79 Å². The van der Waals surface area contributed by atoms with Crippen LogP contribution in [0.2, 0.25) is 18.1 Å². The van der Waals surface area contributed by atoms with Crippen molar-refractivity contribution in [2.75, 3.05) is 6.61 Å². The van der Waals surface area contributed by atoms with E-state index in [-0.39, 0.29) is 36.5 Å². The van der Waals surface area contributed by atoms with E-state index in [1.54, 1.807) is 20.8 Å². The summed E-state index contributed by atoms with van der Waals surface area (Å²) in [5.74, 6) is -1.32. The van der Waals surface area contributed by atoms with E-state index >= 15 is 0 Å². The number of carbonyl (C=O) groups is 1. The first-order valence-electron chi connectivity index (χ1n) is 13.0. The third-order valence-electron chi connectivity index (χ3n) is 6.71. The zero-order valence-electron chi connectivity index (χ0n) is 23.7. The highest BCUT2D eigenvalue weighted by Crippen LogP contribution is 2.37. The number of aliphatic hydroxyl groups is 3. The maximum Gasteiger partial charge on any atom is 0.309 e. The summed E-state index contributed by atoms with van der Waals surface area (Å²) in [6, 6.07) is 0.